The van der Waals surface area contributed by atoms with Crippen molar-refractivity contribution >= 4 is 23.3 Å². The van der Waals surface area contributed by atoms with E-state index < -0.39 is 5.38 Å². The Labute approximate surface area is 135 Å². The second kappa shape index (κ2) is 6.90. The fraction of sp³-hybridized carbons (Fsp3) is 0.294. The lowest BCUT2D eigenvalue weighted by Gasteiger charge is -2.32. The average Bonchev–Trinajstić information content (AvgIpc) is 2.62. The van der Waals surface area contributed by atoms with Gasteiger partial charge in [-0.15, -0.1) is 11.6 Å². The number of quaternary nitrogens is 1. The zero-order valence-corrected chi connectivity index (χ0v) is 13.0. The van der Waals surface area contributed by atoms with Crippen LogP contribution in [0.25, 0.3) is 0 Å². The van der Waals surface area contributed by atoms with Gasteiger partial charge in [-0.3, -0.25) is 9.69 Å². The maximum Gasteiger partial charge on any atom is 0.245 e. The van der Waals surface area contributed by atoms with Gasteiger partial charge in [0.25, 0.3) is 0 Å². The molecule has 1 aliphatic heterocycles. The molecule has 0 saturated carbocycles. The Morgan fingerprint density at radius 1 is 1.09 bits per heavy atom. The highest BCUT2D eigenvalue weighted by Crippen LogP contribution is 2.22. The predicted octanol–water partition coefficient (Wildman–Crippen LogP) is 1.42. The molecule has 1 fully saturated rings. The summed E-state index contributed by atoms with van der Waals surface area (Å²) in [4.78, 5) is 20.1. The number of benzene rings is 1. The molecule has 1 amide bonds. The number of piperazine rings is 1. The van der Waals surface area contributed by atoms with Crippen molar-refractivity contribution in [3.63, 3.8) is 0 Å². The molecule has 1 aromatic carbocycles. The fourth-order valence-corrected chi connectivity index (χ4v) is 3.03. The molecule has 2 heterocycles. The van der Waals surface area contributed by atoms with Crippen molar-refractivity contribution < 1.29 is 9.69 Å². The van der Waals surface area contributed by atoms with Crippen molar-refractivity contribution in [3.05, 3.63) is 60.3 Å². The summed E-state index contributed by atoms with van der Waals surface area (Å²) >= 11 is 6.33. The van der Waals surface area contributed by atoms with E-state index in [0.29, 0.717) is 13.1 Å². The SMILES string of the molecule is O=C(C(Cl)c1ccccc1)N1CC[NH+](c2ccccn2)CC1. The number of nitrogens with zero attached hydrogens (tertiary/aromatic N) is 2. The third-order valence-electron chi connectivity index (χ3n) is 4.01. The number of hydrogen-bond acceptors (Lipinski definition) is 2. The van der Waals surface area contributed by atoms with Gasteiger partial charge in [-0.05, 0) is 11.6 Å². The summed E-state index contributed by atoms with van der Waals surface area (Å²) in [6.45, 7) is 3.14. The maximum atomic E-state index is 12.5. The van der Waals surface area contributed by atoms with Crippen molar-refractivity contribution in [1.82, 2.24) is 9.88 Å². The third kappa shape index (κ3) is 3.29. The summed E-state index contributed by atoms with van der Waals surface area (Å²) in [6, 6.07) is 15.5. The zero-order valence-electron chi connectivity index (χ0n) is 12.3. The molecule has 22 heavy (non-hydrogen) atoms. The number of nitrogens with one attached hydrogen (secondary N) is 1. The van der Waals surface area contributed by atoms with Crippen LogP contribution in [0.3, 0.4) is 0 Å². The highest BCUT2D eigenvalue weighted by molar-refractivity contribution is 6.30. The molecule has 114 valence electrons. The summed E-state index contributed by atoms with van der Waals surface area (Å²) in [5, 5.41) is -0.599. The van der Waals surface area contributed by atoms with Gasteiger partial charge in [-0.1, -0.05) is 36.4 Å². The topological polar surface area (TPSA) is 37.6 Å². The van der Waals surface area contributed by atoms with E-state index in [1.54, 1.807) is 0 Å². The van der Waals surface area contributed by atoms with Gasteiger partial charge in [0.1, 0.15) is 18.5 Å². The van der Waals surface area contributed by atoms with Crippen LogP contribution in [0.1, 0.15) is 10.9 Å². The van der Waals surface area contributed by atoms with Crippen LogP contribution >= 0.6 is 11.6 Å². The Hall–Kier alpha value is -1.91. The summed E-state index contributed by atoms with van der Waals surface area (Å²) in [5.74, 6) is 1.04. The number of pyridine rings is 1. The fourth-order valence-electron chi connectivity index (χ4n) is 2.75. The Balaban J connectivity index is 1.60. The first-order valence-corrected chi connectivity index (χ1v) is 7.93. The molecule has 1 unspecified atom stereocenters. The van der Waals surface area contributed by atoms with Crippen molar-refractivity contribution in [2.45, 2.75) is 5.38 Å². The molecule has 1 atom stereocenters. The molecule has 0 aliphatic carbocycles. The van der Waals surface area contributed by atoms with E-state index in [9.17, 15) is 4.79 Å². The smallest absolute Gasteiger partial charge is 0.245 e. The summed E-state index contributed by atoms with van der Waals surface area (Å²) < 4.78 is 0. The van der Waals surface area contributed by atoms with Gasteiger partial charge in [0.05, 0.1) is 13.1 Å². The minimum atomic E-state index is -0.599. The van der Waals surface area contributed by atoms with Gasteiger partial charge in [0, 0.05) is 12.3 Å². The number of hydrogen-bond donors (Lipinski definition) is 1. The van der Waals surface area contributed by atoms with Crippen LogP contribution in [-0.2, 0) is 4.79 Å². The number of carbonyl (C=O) groups excluding carboxylic acids is 1. The normalized spacial score (nSPS) is 17.2. The molecule has 5 heteroatoms. The quantitative estimate of drug-likeness (QED) is 0.870. The van der Waals surface area contributed by atoms with Crippen molar-refractivity contribution in [3.8, 4) is 0 Å². The molecule has 1 aromatic heterocycles. The Bertz CT molecular complexity index is 612. The molecule has 3 rings (SSSR count). The number of rotatable bonds is 3. The minimum absolute atomic E-state index is 0.00654. The molecule has 0 radical (unpaired) electrons. The minimum Gasteiger partial charge on any atom is -0.330 e. The number of halogens is 1. The van der Waals surface area contributed by atoms with E-state index in [0.717, 1.165) is 24.5 Å². The van der Waals surface area contributed by atoms with Crippen molar-refractivity contribution in [2.24, 2.45) is 0 Å². The molecule has 1 N–H and O–H groups in total. The van der Waals surface area contributed by atoms with Crippen LogP contribution in [0, 0.1) is 0 Å². The third-order valence-corrected chi connectivity index (χ3v) is 4.45. The average molecular weight is 317 g/mol. The van der Waals surface area contributed by atoms with Crippen LogP contribution in [0.4, 0.5) is 5.82 Å². The highest BCUT2D eigenvalue weighted by atomic mass is 35.5. The number of alkyl halides is 1. The van der Waals surface area contributed by atoms with Gasteiger partial charge >= 0.3 is 0 Å². The Kier molecular flexibility index (Phi) is 4.71. The van der Waals surface area contributed by atoms with Gasteiger partial charge in [-0.25, -0.2) is 4.98 Å². The molecule has 0 bridgehead atoms. The standard InChI is InChI=1S/C17H18ClN3O/c18-16(14-6-2-1-3-7-14)17(22)21-12-10-20(11-13-21)15-8-4-5-9-19-15/h1-9,16H,10-13H2/p+1. The predicted molar refractivity (Wildman–Crippen MR) is 86.2 cm³/mol. The van der Waals surface area contributed by atoms with Crippen LogP contribution < -0.4 is 4.90 Å². The van der Waals surface area contributed by atoms with E-state index in [2.05, 4.69) is 4.98 Å². The molecule has 0 spiro atoms. The maximum absolute atomic E-state index is 12.5. The Morgan fingerprint density at radius 2 is 1.77 bits per heavy atom. The van der Waals surface area contributed by atoms with Crippen LogP contribution in [-0.4, -0.2) is 42.0 Å². The van der Waals surface area contributed by atoms with Gasteiger partial charge in [0.2, 0.25) is 11.7 Å². The monoisotopic (exact) mass is 316 g/mol. The molecule has 4 nitrogen and oxygen atoms in total. The van der Waals surface area contributed by atoms with Crippen molar-refractivity contribution in [1.29, 1.82) is 0 Å². The van der Waals surface area contributed by atoms with Gasteiger partial charge in [-0.2, -0.15) is 0 Å². The number of carbonyl (C=O) groups is 1. The zero-order chi connectivity index (χ0) is 15.4. The van der Waals surface area contributed by atoms with Crippen LogP contribution in [0.2, 0.25) is 0 Å². The second-order valence-electron chi connectivity index (χ2n) is 5.42. The molecule has 2 aromatic rings. The summed E-state index contributed by atoms with van der Waals surface area (Å²) in [7, 11) is 0. The molecular formula is C17H19ClN3O+. The highest BCUT2D eigenvalue weighted by Gasteiger charge is 2.29. The first-order chi connectivity index (χ1) is 10.8. The molecular weight excluding hydrogens is 298 g/mol. The van der Waals surface area contributed by atoms with Gasteiger partial charge < -0.3 is 4.90 Å². The largest absolute Gasteiger partial charge is 0.330 e. The molecule has 1 saturated heterocycles. The van der Waals surface area contributed by atoms with Crippen molar-refractivity contribution in [2.75, 3.05) is 26.2 Å². The van der Waals surface area contributed by atoms with E-state index >= 15 is 0 Å². The van der Waals surface area contributed by atoms with E-state index in [4.69, 9.17) is 11.6 Å². The van der Waals surface area contributed by atoms with Crippen LogP contribution in [0.15, 0.2) is 54.7 Å². The summed E-state index contributed by atoms with van der Waals surface area (Å²) in [5.41, 5.74) is 0.855. The Morgan fingerprint density at radius 3 is 2.41 bits per heavy atom. The first kappa shape index (κ1) is 15.0. The lowest BCUT2D eigenvalue weighted by atomic mass is 10.1. The lowest BCUT2D eigenvalue weighted by molar-refractivity contribution is -0.840. The van der Waals surface area contributed by atoms with Crippen LogP contribution in [0.5, 0.6) is 0 Å². The number of amides is 1. The lowest BCUT2D eigenvalue weighted by Crippen LogP contribution is -3.10. The van der Waals surface area contributed by atoms with Gasteiger partial charge in [0.15, 0.2) is 0 Å². The van der Waals surface area contributed by atoms with E-state index in [1.807, 2.05) is 59.6 Å². The number of aromatic nitrogens is 1. The second-order valence-corrected chi connectivity index (χ2v) is 5.85. The summed E-state index contributed by atoms with van der Waals surface area (Å²) in [6.07, 6.45) is 1.81. The first-order valence-electron chi connectivity index (χ1n) is 7.49. The molecule has 1 aliphatic rings. The van der Waals surface area contributed by atoms with E-state index in [1.165, 1.54) is 4.90 Å². The van der Waals surface area contributed by atoms with E-state index in [-0.39, 0.29) is 5.91 Å².